The van der Waals surface area contributed by atoms with Gasteiger partial charge in [0.15, 0.2) is 0 Å². The maximum atomic E-state index is 12.3. The molecule has 0 unspecified atom stereocenters. The summed E-state index contributed by atoms with van der Waals surface area (Å²) in [4.78, 5) is 21.4. The molecule has 134 valence electrons. The standard InChI is InChI=1S/C19H19N3O3S/c23-7-2-8-25-16-4-1-3-14(9-16)10-19(24)22-15-11-18(26-12-15)17-5-6-20-13-21-17/h1,3-6,9,11-13,23H,2,7-8,10H2,(H,22,24). The maximum absolute atomic E-state index is 12.3. The molecular weight excluding hydrogens is 350 g/mol. The third-order valence-electron chi connectivity index (χ3n) is 3.55. The summed E-state index contributed by atoms with van der Waals surface area (Å²) in [6.45, 7) is 0.548. The first-order valence-electron chi connectivity index (χ1n) is 8.22. The zero-order chi connectivity index (χ0) is 18.2. The van der Waals surface area contributed by atoms with Gasteiger partial charge in [0, 0.05) is 24.6 Å². The molecule has 0 saturated carbocycles. The second-order valence-electron chi connectivity index (χ2n) is 5.59. The molecule has 0 radical (unpaired) electrons. The highest BCUT2D eigenvalue weighted by Gasteiger charge is 2.08. The fourth-order valence-electron chi connectivity index (χ4n) is 2.36. The lowest BCUT2D eigenvalue weighted by Crippen LogP contribution is -2.13. The van der Waals surface area contributed by atoms with E-state index in [9.17, 15) is 4.79 Å². The predicted octanol–water partition coefficient (Wildman–Crippen LogP) is 3.15. The van der Waals surface area contributed by atoms with Crippen molar-refractivity contribution in [1.82, 2.24) is 9.97 Å². The van der Waals surface area contributed by atoms with Gasteiger partial charge in [0.2, 0.25) is 5.91 Å². The van der Waals surface area contributed by atoms with Crippen molar-refractivity contribution < 1.29 is 14.6 Å². The smallest absolute Gasteiger partial charge is 0.228 e. The van der Waals surface area contributed by atoms with Gasteiger partial charge in [-0.25, -0.2) is 9.97 Å². The van der Waals surface area contributed by atoms with Crippen molar-refractivity contribution in [2.75, 3.05) is 18.5 Å². The summed E-state index contributed by atoms with van der Waals surface area (Å²) in [5, 5.41) is 13.6. The maximum Gasteiger partial charge on any atom is 0.228 e. The minimum Gasteiger partial charge on any atom is -0.493 e. The molecule has 3 rings (SSSR count). The van der Waals surface area contributed by atoms with Gasteiger partial charge >= 0.3 is 0 Å². The van der Waals surface area contributed by atoms with Gasteiger partial charge in [-0.15, -0.1) is 11.3 Å². The molecule has 2 aromatic heterocycles. The first-order valence-corrected chi connectivity index (χ1v) is 9.10. The normalized spacial score (nSPS) is 10.5. The van der Waals surface area contributed by atoms with Gasteiger partial charge in [-0.1, -0.05) is 12.1 Å². The Morgan fingerprint density at radius 3 is 3.00 bits per heavy atom. The largest absolute Gasteiger partial charge is 0.493 e. The van der Waals surface area contributed by atoms with E-state index in [1.165, 1.54) is 17.7 Å². The van der Waals surface area contributed by atoms with Crippen molar-refractivity contribution in [2.45, 2.75) is 12.8 Å². The average molecular weight is 369 g/mol. The minimum absolute atomic E-state index is 0.0930. The van der Waals surface area contributed by atoms with Crippen LogP contribution in [0.4, 0.5) is 5.69 Å². The van der Waals surface area contributed by atoms with Gasteiger partial charge in [0.05, 0.1) is 29.3 Å². The summed E-state index contributed by atoms with van der Waals surface area (Å²) >= 11 is 1.52. The van der Waals surface area contributed by atoms with Gasteiger partial charge in [-0.05, 0) is 29.8 Å². The number of rotatable bonds is 8. The Bertz CT molecular complexity index is 852. The Morgan fingerprint density at radius 2 is 2.19 bits per heavy atom. The van der Waals surface area contributed by atoms with E-state index in [0.717, 1.165) is 21.8 Å². The van der Waals surface area contributed by atoms with Crippen molar-refractivity contribution in [3.05, 3.63) is 59.9 Å². The number of hydrogen-bond donors (Lipinski definition) is 2. The highest BCUT2D eigenvalue weighted by molar-refractivity contribution is 7.14. The van der Waals surface area contributed by atoms with Crippen LogP contribution in [-0.4, -0.2) is 34.2 Å². The van der Waals surface area contributed by atoms with Gasteiger partial charge < -0.3 is 15.2 Å². The van der Waals surface area contributed by atoms with Crippen LogP contribution >= 0.6 is 11.3 Å². The molecule has 0 bridgehead atoms. The van der Waals surface area contributed by atoms with E-state index in [4.69, 9.17) is 9.84 Å². The second-order valence-corrected chi connectivity index (χ2v) is 6.50. The summed E-state index contributed by atoms with van der Waals surface area (Å²) in [7, 11) is 0. The number of ether oxygens (including phenoxy) is 1. The zero-order valence-corrected chi connectivity index (χ0v) is 14.9. The van der Waals surface area contributed by atoms with E-state index in [1.807, 2.05) is 41.8 Å². The number of aromatic nitrogens is 2. The van der Waals surface area contributed by atoms with Crippen LogP contribution in [0.2, 0.25) is 0 Å². The highest BCUT2D eigenvalue weighted by Crippen LogP contribution is 2.28. The number of nitrogens with one attached hydrogen (secondary N) is 1. The molecule has 0 spiro atoms. The van der Waals surface area contributed by atoms with E-state index >= 15 is 0 Å². The average Bonchev–Trinajstić information content (AvgIpc) is 3.11. The fraction of sp³-hybridized carbons (Fsp3) is 0.211. The van der Waals surface area contributed by atoms with E-state index in [-0.39, 0.29) is 18.9 Å². The number of hydrogen-bond acceptors (Lipinski definition) is 6. The summed E-state index contributed by atoms with van der Waals surface area (Å²) in [6, 6.07) is 11.2. The van der Waals surface area contributed by atoms with Crippen LogP contribution in [0.3, 0.4) is 0 Å². The molecule has 1 amide bonds. The first kappa shape index (κ1) is 18.0. The Kier molecular flexibility index (Phi) is 6.29. The SMILES string of the molecule is O=C(Cc1cccc(OCCCO)c1)Nc1csc(-c2ccncn2)c1. The fourth-order valence-corrected chi connectivity index (χ4v) is 3.18. The molecule has 2 N–H and O–H groups in total. The quantitative estimate of drug-likeness (QED) is 0.596. The summed E-state index contributed by atoms with van der Waals surface area (Å²) in [5.74, 6) is 0.606. The van der Waals surface area contributed by atoms with Crippen molar-refractivity contribution in [3.63, 3.8) is 0 Å². The number of aliphatic hydroxyl groups is 1. The van der Waals surface area contributed by atoms with Crippen LogP contribution in [0.5, 0.6) is 5.75 Å². The van der Waals surface area contributed by atoms with E-state index in [0.29, 0.717) is 18.8 Å². The number of aliphatic hydroxyl groups excluding tert-OH is 1. The Hall–Kier alpha value is -2.77. The number of amides is 1. The van der Waals surface area contributed by atoms with Crippen molar-refractivity contribution >= 4 is 22.9 Å². The lowest BCUT2D eigenvalue weighted by atomic mass is 10.1. The molecule has 3 aromatic rings. The molecule has 6 nitrogen and oxygen atoms in total. The van der Waals surface area contributed by atoms with Crippen LogP contribution in [0.25, 0.3) is 10.6 Å². The molecule has 7 heteroatoms. The van der Waals surface area contributed by atoms with Crippen LogP contribution < -0.4 is 10.1 Å². The van der Waals surface area contributed by atoms with Crippen LogP contribution in [0, 0.1) is 0 Å². The summed E-state index contributed by atoms with van der Waals surface area (Å²) < 4.78 is 5.54. The molecule has 0 aliphatic carbocycles. The monoisotopic (exact) mass is 369 g/mol. The molecule has 2 heterocycles. The van der Waals surface area contributed by atoms with Crippen LogP contribution in [0.1, 0.15) is 12.0 Å². The molecule has 0 saturated heterocycles. The molecule has 0 fully saturated rings. The lowest BCUT2D eigenvalue weighted by molar-refractivity contribution is -0.115. The number of carbonyl (C=O) groups excluding carboxylic acids is 1. The van der Waals surface area contributed by atoms with Gasteiger partial charge in [-0.3, -0.25) is 4.79 Å². The minimum atomic E-state index is -0.0930. The third kappa shape index (κ3) is 5.11. The lowest BCUT2D eigenvalue weighted by Gasteiger charge is -2.07. The van der Waals surface area contributed by atoms with Crippen molar-refractivity contribution in [3.8, 4) is 16.3 Å². The van der Waals surface area contributed by atoms with Gasteiger partial charge in [0.25, 0.3) is 0 Å². The summed E-state index contributed by atoms with van der Waals surface area (Å²) in [5.41, 5.74) is 2.46. The number of nitrogens with zero attached hydrogens (tertiary/aromatic N) is 2. The molecule has 0 aliphatic rings. The molecule has 1 aromatic carbocycles. The molecule has 0 atom stereocenters. The highest BCUT2D eigenvalue weighted by atomic mass is 32.1. The zero-order valence-electron chi connectivity index (χ0n) is 14.1. The van der Waals surface area contributed by atoms with Crippen molar-refractivity contribution in [1.29, 1.82) is 0 Å². The second kappa shape index (κ2) is 9.07. The summed E-state index contributed by atoms with van der Waals surface area (Å²) in [6.07, 6.45) is 4.03. The van der Waals surface area contributed by atoms with E-state index in [2.05, 4.69) is 15.3 Å². The first-order chi connectivity index (χ1) is 12.7. The predicted molar refractivity (Wildman–Crippen MR) is 101 cm³/mol. The van der Waals surface area contributed by atoms with Gasteiger partial charge in [-0.2, -0.15) is 0 Å². The van der Waals surface area contributed by atoms with Crippen LogP contribution in [-0.2, 0) is 11.2 Å². The Labute approximate surface area is 155 Å². The number of thiophene rings is 1. The molecular formula is C19H19N3O3S. The molecule has 26 heavy (non-hydrogen) atoms. The van der Waals surface area contributed by atoms with E-state index < -0.39 is 0 Å². The topological polar surface area (TPSA) is 84.3 Å². The Morgan fingerprint density at radius 1 is 1.27 bits per heavy atom. The number of anilines is 1. The van der Waals surface area contributed by atoms with Crippen LogP contribution in [0.15, 0.2) is 54.3 Å². The van der Waals surface area contributed by atoms with Crippen molar-refractivity contribution in [2.24, 2.45) is 0 Å². The third-order valence-corrected chi connectivity index (χ3v) is 4.50. The number of benzene rings is 1. The molecule has 0 aliphatic heterocycles. The van der Waals surface area contributed by atoms with Gasteiger partial charge in [0.1, 0.15) is 12.1 Å². The van der Waals surface area contributed by atoms with E-state index in [1.54, 1.807) is 6.20 Å². The Balaban J connectivity index is 1.57. The number of carbonyl (C=O) groups is 1.